The predicted molar refractivity (Wildman–Crippen MR) is 78.0 cm³/mol. The van der Waals surface area contributed by atoms with E-state index in [0.29, 0.717) is 0 Å². The molecule has 1 saturated heterocycles. The Balaban J connectivity index is 0.00000180. The van der Waals surface area contributed by atoms with Crippen molar-refractivity contribution < 1.29 is 9.53 Å². The summed E-state index contributed by atoms with van der Waals surface area (Å²) in [5, 5.41) is 0. The first-order chi connectivity index (χ1) is 8.65. The van der Waals surface area contributed by atoms with Crippen molar-refractivity contribution in [2.75, 3.05) is 39.8 Å². The number of carbonyl (C=O) groups is 1. The number of ether oxygens (including phenoxy) is 1. The van der Waals surface area contributed by atoms with Crippen LogP contribution in [0.4, 0.5) is 0 Å². The molecule has 0 atom stereocenters. The van der Waals surface area contributed by atoms with Crippen molar-refractivity contribution in [2.24, 2.45) is 0 Å². The van der Waals surface area contributed by atoms with Gasteiger partial charge in [0.2, 0.25) is 0 Å². The van der Waals surface area contributed by atoms with Crippen LogP contribution >= 0.6 is 12.4 Å². The summed E-state index contributed by atoms with van der Waals surface area (Å²) in [5.74, 6) is 0.835. The highest BCUT2D eigenvalue weighted by molar-refractivity contribution is 5.85. The van der Waals surface area contributed by atoms with E-state index in [-0.39, 0.29) is 24.9 Å². The molecule has 0 aliphatic carbocycles. The van der Waals surface area contributed by atoms with Crippen LogP contribution in [0.3, 0.4) is 0 Å². The summed E-state index contributed by atoms with van der Waals surface area (Å²) in [6.45, 7) is 5.62. The summed E-state index contributed by atoms with van der Waals surface area (Å²) < 4.78 is 5.52. The molecule has 0 bridgehead atoms. The van der Waals surface area contributed by atoms with Gasteiger partial charge in [-0.2, -0.15) is 0 Å². The van der Waals surface area contributed by atoms with Crippen molar-refractivity contribution >= 4 is 18.3 Å². The zero-order valence-electron chi connectivity index (χ0n) is 11.5. The van der Waals surface area contributed by atoms with Crippen LogP contribution in [0.15, 0.2) is 24.3 Å². The third kappa shape index (κ3) is 4.73. The van der Waals surface area contributed by atoms with Gasteiger partial charge in [-0.25, -0.2) is 0 Å². The summed E-state index contributed by atoms with van der Waals surface area (Å²) in [6, 6.07) is 7.77. The van der Waals surface area contributed by atoms with Gasteiger partial charge in [-0.1, -0.05) is 12.1 Å². The predicted octanol–water partition coefficient (Wildman–Crippen LogP) is 1.57. The number of nitrogens with zero attached hydrogens (tertiary/aromatic N) is 2. The van der Waals surface area contributed by atoms with Gasteiger partial charge < -0.3 is 14.5 Å². The number of halogens is 1. The van der Waals surface area contributed by atoms with Gasteiger partial charge in [0.15, 0.2) is 6.61 Å². The van der Waals surface area contributed by atoms with E-state index in [4.69, 9.17) is 4.74 Å². The van der Waals surface area contributed by atoms with Crippen LogP contribution in [0.25, 0.3) is 0 Å². The summed E-state index contributed by atoms with van der Waals surface area (Å²) in [4.78, 5) is 16.0. The van der Waals surface area contributed by atoms with Crippen molar-refractivity contribution in [3.8, 4) is 5.75 Å². The van der Waals surface area contributed by atoms with Crippen molar-refractivity contribution in [1.82, 2.24) is 9.80 Å². The number of likely N-dealkylation sites (N-methyl/N-ethyl adjacent to an activating group) is 1. The minimum Gasteiger partial charge on any atom is -0.484 e. The molecule has 106 valence electrons. The minimum atomic E-state index is 0. The van der Waals surface area contributed by atoms with Crippen LogP contribution in [0, 0.1) is 6.92 Å². The number of piperazine rings is 1. The van der Waals surface area contributed by atoms with Gasteiger partial charge in [0.1, 0.15) is 5.75 Å². The van der Waals surface area contributed by atoms with E-state index in [0.717, 1.165) is 37.5 Å². The van der Waals surface area contributed by atoms with E-state index < -0.39 is 0 Å². The highest BCUT2D eigenvalue weighted by atomic mass is 35.5. The van der Waals surface area contributed by atoms with Gasteiger partial charge in [-0.3, -0.25) is 4.79 Å². The van der Waals surface area contributed by atoms with Gasteiger partial charge >= 0.3 is 0 Å². The van der Waals surface area contributed by atoms with E-state index in [1.165, 1.54) is 0 Å². The van der Waals surface area contributed by atoms with Crippen LogP contribution in [0.5, 0.6) is 5.75 Å². The molecule has 1 fully saturated rings. The van der Waals surface area contributed by atoms with Crippen LogP contribution in [-0.4, -0.2) is 55.5 Å². The van der Waals surface area contributed by atoms with Crippen LogP contribution in [0.2, 0.25) is 0 Å². The minimum absolute atomic E-state index is 0. The molecule has 1 aromatic rings. The number of amides is 1. The van der Waals surface area contributed by atoms with Gasteiger partial charge in [0, 0.05) is 26.2 Å². The maximum Gasteiger partial charge on any atom is 0.260 e. The zero-order valence-corrected chi connectivity index (χ0v) is 12.3. The Kier molecular flexibility index (Phi) is 6.12. The Labute approximate surface area is 120 Å². The first-order valence-electron chi connectivity index (χ1n) is 6.31. The lowest BCUT2D eigenvalue weighted by molar-refractivity contribution is -0.134. The third-order valence-corrected chi connectivity index (χ3v) is 3.21. The fraction of sp³-hybridized carbons (Fsp3) is 0.500. The van der Waals surface area contributed by atoms with Crippen LogP contribution in [0.1, 0.15) is 5.56 Å². The van der Waals surface area contributed by atoms with Gasteiger partial charge in [0.05, 0.1) is 0 Å². The lowest BCUT2D eigenvalue weighted by Crippen LogP contribution is -2.48. The molecule has 0 N–H and O–H groups in total. The Morgan fingerprint density at radius 1 is 1.26 bits per heavy atom. The molecular formula is C14H21ClN2O2. The number of aryl methyl sites for hydroxylation is 1. The highest BCUT2D eigenvalue weighted by Gasteiger charge is 2.19. The molecule has 0 saturated carbocycles. The van der Waals surface area contributed by atoms with Crippen molar-refractivity contribution in [2.45, 2.75) is 6.92 Å². The first kappa shape index (κ1) is 15.8. The van der Waals surface area contributed by atoms with Gasteiger partial charge in [-0.15, -0.1) is 12.4 Å². The smallest absolute Gasteiger partial charge is 0.260 e. The number of rotatable bonds is 3. The van der Waals surface area contributed by atoms with E-state index in [2.05, 4.69) is 11.9 Å². The molecule has 2 rings (SSSR count). The Morgan fingerprint density at radius 3 is 2.58 bits per heavy atom. The summed E-state index contributed by atoms with van der Waals surface area (Å²) >= 11 is 0. The maximum atomic E-state index is 11.9. The average Bonchev–Trinajstić information content (AvgIpc) is 2.37. The van der Waals surface area contributed by atoms with Gasteiger partial charge in [0.25, 0.3) is 5.91 Å². The topological polar surface area (TPSA) is 32.8 Å². The largest absolute Gasteiger partial charge is 0.484 e. The lowest BCUT2D eigenvalue weighted by Gasteiger charge is -2.32. The van der Waals surface area contributed by atoms with E-state index >= 15 is 0 Å². The van der Waals surface area contributed by atoms with Crippen LogP contribution < -0.4 is 4.74 Å². The molecule has 5 heteroatoms. The molecule has 1 heterocycles. The number of hydrogen-bond donors (Lipinski definition) is 0. The Bertz CT molecular complexity index is 418. The molecule has 0 radical (unpaired) electrons. The molecular weight excluding hydrogens is 264 g/mol. The summed E-state index contributed by atoms with van der Waals surface area (Å²) in [6.07, 6.45) is 0. The quantitative estimate of drug-likeness (QED) is 0.845. The standard InChI is InChI=1S/C14H20N2O2.ClH/c1-12-4-3-5-13(10-12)18-11-14(17)16-8-6-15(2)7-9-16;/h3-5,10H,6-9,11H2,1-2H3;1H. The lowest BCUT2D eigenvalue weighted by atomic mass is 10.2. The molecule has 0 aromatic heterocycles. The molecule has 1 aliphatic rings. The maximum absolute atomic E-state index is 11.9. The Hall–Kier alpha value is -1.26. The molecule has 0 unspecified atom stereocenters. The highest BCUT2D eigenvalue weighted by Crippen LogP contribution is 2.12. The van der Waals surface area contributed by atoms with Gasteiger partial charge in [-0.05, 0) is 31.7 Å². The number of hydrogen-bond acceptors (Lipinski definition) is 3. The SMILES string of the molecule is Cc1cccc(OCC(=O)N2CCN(C)CC2)c1.Cl. The number of carbonyl (C=O) groups excluding carboxylic acids is 1. The molecule has 0 spiro atoms. The van der Waals surface area contributed by atoms with E-state index in [1.807, 2.05) is 36.1 Å². The second-order valence-corrected chi connectivity index (χ2v) is 4.79. The molecule has 1 aliphatic heterocycles. The second-order valence-electron chi connectivity index (χ2n) is 4.79. The molecule has 19 heavy (non-hydrogen) atoms. The van der Waals surface area contributed by atoms with Crippen LogP contribution in [-0.2, 0) is 4.79 Å². The molecule has 4 nitrogen and oxygen atoms in total. The second kappa shape index (κ2) is 7.36. The average molecular weight is 285 g/mol. The van der Waals surface area contributed by atoms with Crippen molar-refractivity contribution in [3.63, 3.8) is 0 Å². The normalized spacial score (nSPS) is 15.8. The Morgan fingerprint density at radius 2 is 1.95 bits per heavy atom. The van der Waals surface area contributed by atoms with Crippen molar-refractivity contribution in [1.29, 1.82) is 0 Å². The van der Waals surface area contributed by atoms with E-state index in [9.17, 15) is 4.79 Å². The first-order valence-corrected chi connectivity index (χ1v) is 6.31. The third-order valence-electron chi connectivity index (χ3n) is 3.21. The fourth-order valence-corrected chi connectivity index (χ4v) is 2.00. The summed E-state index contributed by atoms with van der Waals surface area (Å²) in [5.41, 5.74) is 1.14. The fourth-order valence-electron chi connectivity index (χ4n) is 2.00. The van der Waals surface area contributed by atoms with E-state index in [1.54, 1.807) is 0 Å². The molecule has 1 aromatic carbocycles. The monoisotopic (exact) mass is 284 g/mol. The molecule has 1 amide bonds. The van der Waals surface area contributed by atoms with Crippen molar-refractivity contribution in [3.05, 3.63) is 29.8 Å². The number of benzene rings is 1. The zero-order chi connectivity index (χ0) is 13.0. The summed E-state index contributed by atoms with van der Waals surface area (Å²) in [7, 11) is 2.07.